The van der Waals surface area contributed by atoms with Gasteiger partial charge in [-0.15, -0.1) is 0 Å². The number of hydrogen-bond donors (Lipinski definition) is 0. The number of rotatable bonds is 4. The van der Waals surface area contributed by atoms with Gasteiger partial charge in [-0.2, -0.15) is 0 Å². The Morgan fingerprint density at radius 1 is 1.06 bits per heavy atom. The first kappa shape index (κ1) is 23.3. The van der Waals surface area contributed by atoms with Crippen molar-refractivity contribution in [1.82, 2.24) is 4.57 Å². The lowest BCUT2D eigenvalue weighted by atomic mass is 9.83. The van der Waals surface area contributed by atoms with Crippen molar-refractivity contribution in [2.45, 2.75) is 25.8 Å². The summed E-state index contributed by atoms with van der Waals surface area (Å²) in [5.74, 6) is 0.812. The van der Waals surface area contributed by atoms with Crippen LogP contribution < -0.4 is 19.6 Å². The van der Waals surface area contributed by atoms with E-state index in [0.717, 1.165) is 41.0 Å². The Morgan fingerprint density at radius 3 is 2.67 bits per heavy atom. The molecule has 0 saturated carbocycles. The van der Waals surface area contributed by atoms with E-state index >= 15 is 0 Å². The highest BCUT2D eigenvalue weighted by molar-refractivity contribution is 7.07. The Morgan fingerprint density at radius 2 is 1.86 bits per heavy atom. The second-order valence-corrected chi connectivity index (χ2v) is 10.6. The molecule has 0 radical (unpaired) electrons. The molecule has 1 atom stereocenters. The molecule has 1 aliphatic heterocycles. The zero-order chi connectivity index (χ0) is 24.8. The van der Waals surface area contributed by atoms with Crippen LogP contribution in [0.4, 0.5) is 0 Å². The molecule has 1 unspecified atom stereocenters. The summed E-state index contributed by atoms with van der Waals surface area (Å²) in [6, 6.07) is 21.6. The maximum absolute atomic E-state index is 13.8. The van der Waals surface area contributed by atoms with E-state index in [4.69, 9.17) is 32.9 Å². The zero-order valence-corrected chi connectivity index (χ0v) is 21.8. The molecule has 0 saturated heterocycles. The standard InChI is InChI=1S/C29H22Cl2N2O2S/c1-2-35-20-13-10-18(11-14-20)27-22-15-12-17-6-3-4-8-21(17)26(22)32-29-33(27)28(34)24(36-29)16-19-7-5-9-23(30)25(19)31/h3-11,13-14,16,27H,2,12,15H2,1H3. The Bertz CT molecular complexity index is 1700. The van der Waals surface area contributed by atoms with Crippen LogP contribution in [0.2, 0.25) is 10.0 Å². The molecule has 3 aromatic carbocycles. The third kappa shape index (κ3) is 3.92. The highest BCUT2D eigenvalue weighted by Crippen LogP contribution is 2.41. The number of hydrogen-bond acceptors (Lipinski definition) is 4. The molecule has 4 aromatic rings. The number of allylic oxidation sites excluding steroid dienone is 1. The number of benzene rings is 3. The molecule has 36 heavy (non-hydrogen) atoms. The van der Waals surface area contributed by atoms with Crippen LogP contribution in [0.25, 0.3) is 11.8 Å². The second-order valence-electron chi connectivity index (χ2n) is 8.76. The van der Waals surface area contributed by atoms with Crippen molar-refractivity contribution in [3.8, 4) is 5.75 Å². The van der Waals surface area contributed by atoms with Gasteiger partial charge in [-0.05, 0) is 66.3 Å². The lowest BCUT2D eigenvalue weighted by molar-refractivity contribution is 0.340. The van der Waals surface area contributed by atoms with E-state index in [1.54, 1.807) is 6.07 Å². The van der Waals surface area contributed by atoms with Gasteiger partial charge in [0, 0.05) is 5.56 Å². The second kappa shape index (κ2) is 9.40. The fourth-order valence-corrected chi connectivity index (χ4v) is 6.36. The minimum atomic E-state index is -0.239. The van der Waals surface area contributed by atoms with Crippen molar-refractivity contribution in [3.63, 3.8) is 0 Å². The van der Waals surface area contributed by atoms with Gasteiger partial charge in [0.1, 0.15) is 5.75 Å². The van der Waals surface area contributed by atoms with Crippen LogP contribution >= 0.6 is 34.5 Å². The molecule has 4 nitrogen and oxygen atoms in total. The van der Waals surface area contributed by atoms with Crippen molar-refractivity contribution >= 4 is 46.3 Å². The van der Waals surface area contributed by atoms with E-state index in [1.807, 2.05) is 47.9 Å². The van der Waals surface area contributed by atoms with Gasteiger partial charge in [0.05, 0.1) is 32.9 Å². The number of thiazole rings is 1. The molecule has 0 bridgehead atoms. The lowest BCUT2D eigenvalue weighted by Gasteiger charge is -2.30. The average Bonchev–Trinajstić information content (AvgIpc) is 3.20. The molecule has 0 fully saturated rings. The molecule has 2 aliphatic rings. The molecule has 0 amide bonds. The Balaban J connectivity index is 1.59. The minimum absolute atomic E-state index is 0.0842. The number of aromatic nitrogens is 1. The van der Waals surface area contributed by atoms with Crippen LogP contribution in [-0.2, 0) is 6.42 Å². The first-order chi connectivity index (χ1) is 17.5. The summed E-state index contributed by atoms with van der Waals surface area (Å²) in [7, 11) is 0. The van der Waals surface area contributed by atoms with Crippen LogP contribution in [0.5, 0.6) is 5.75 Å². The van der Waals surface area contributed by atoms with Crippen LogP contribution in [-0.4, -0.2) is 11.2 Å². The molecule has 2 heterocycles. The minimum Gasteiger partial charge on any atom is -0.494 e. The summed E-state index contributed by atoms with van der Waals surface area (Å²) in [5, 5.41) is 0.888. The van der Waals surface area contributed by atoms with Crippen molar-refractivity contribution < 1.29 is 4.74 Å². The predicted octanol–water partition coefficient (Wildman–Crippen LogP) is 6.02. The first-order valence-corrected chi connectivity index (χ1v) is 13.4. The van der Waals surface area contributed by atoms with Crippen LogP contribution in [0.3, 0.4) is 0 Å². The SMILES string of the molecule is CCOc1ccc(C2C3=C(N=c4sc(=Cc5cccc(Cl)c5Cl)c(=O)n42)c2ccccc2CC3)cc1. The predicted molar refractivity (Wildman–Crippen MR) is 147 cm³/mol. The molecule has 0 spiro atoms. The number of ether oxygens (including phenoxy) is 1. The van der Waals surface area contributed by atoms with E-state index in [2.05, 4.69) is 30.3 Å². The Labute approximate surface area is 222 Å². The van der Waals surface area contributed by atoms with Crippen LogP contribution in [0, 0.1) is 0 Å². The maximum atomic E-state index is 13.8. The summed E-state index contributed by atoms with van der Waals surface area (Å²) in [6.07, 6.45) is 3.57. The van der Waals surface area contributed by atoms with E-state index in [-0.39, 0.29) is 11.6 Å². The highest BCUT2D eigenvalue weighted by atomic mass is 35.5. The average molecular weight is 533 g/mol. The molecule has 1 aromatic heterocycles. The normalized spacial score (nSPS) is 16.8. The van der Waals surface area contributed by atoms with E-state index in [9.17, 15) is 4.79 Å². The van der Waals surface area contributed by atoms with Crippen molar-refractivity contribution in [2.75, 3.05) is 6.61 Å². The fraction of sp³-hybridized carbons (Fsp3) is 0.172. The summed E-state index contributed by atoms with van der Waals surface area (Å²) in [5.41, 5.74) is 6.23. The molecule has 180 valence electrons. The van der Waals surface area contributed by atoms with Gasteiger partial charge < -0.3 is 4.74 Å². The third-order valence-corrected chi connectivity index (χ3v) is 8.46. The van der Waals surface area contributed by atoms with Crippen molar-refractivity contribution in [2.24, 2.45) is 4.99 Å². The van der Waals surface area contributed by atoms with Gasteiger partial charge in [-0.25, -0.2) is 4.99 Å². The van der Waals surface area contributed by atoms with Gasteiger partial charge in [0.2, 0.25) is 0 Å². The summed E-state index contributed by atoms with van der Waals surface area (Å²) >= 11 is 14.0. The molecule has 0 N–H and O–H groups in total. The van der Waals surface area contributed by atoms with Gasteiger partial charge in [-0.1, -0.05) is 83.1 Å². The number of aryl methyl sites for hydroxylation is 1. The molecule has 7 heteroatoms. The Hall–Kier alpha value is -3.12. The summed E-state index contributed by atoms with van der Waals surface area (Å²) < 4.78 is 8.06. The smallest absolute Gasteiger partial charge is 0.271 e. The monoisotopic (exact) mass is 532 g/mol. The molecular formula is C29H22Cl2N2O2S. The summed E-state index contributed by atoms with van der Waals surface area (Å²) in [4.78, 5) is 19.6. The van der Waals surface area contributed by atoms with E-state index < -0.39 is 0 Å². The zero-order valence-electron chi connectivity index (χ0n) is 19.5. The topological polar surface area (TPSA) is 43.6 Å². The molecule has 6 rings (SSSR count). The highest BCUT2D eigenvalue weighted by Gasteiger charge is 2.32. The van der Waals surface area contributed by atoms with Gasteiger partial charge in [0.25, 0.3) is 5.56 Å². The van der Waals surface area contributed by atoms with Gasteiger partial charge in [0.15, 0.2) is 4.80 Å². The lowest BCUT2D eigenvalue weighted by Crippen LogP contribution is -2.38. The van der Waals surface area contributed by atoms with Crippen LogP contribution in [0.15, 0.2) is 82.1 Å². The van der Waals surface area contributed by atoms with Crippen molar-refractivity contribution in [3.05, 3.63) is 124 Å². The quantitative estimate of drug-likeness (QED) is 0.322. The third-order valence-electron chi connectivity index (χ3n) is 6.65. The molecular weight excluding hydrogens is 511 g/mol. The molecule has 1 aliphatic carbocycles. The van der Waals surface area contributed by atoms with E-state index in [1.165, 1.54) is 16.9 Å². The van der Waals surface area contributed by atoms with Crippen LogP contribution in [0.1, 0.15) is 41.6 Å². The number of fused-ring (bicyclic) bond motifs is 3. The van der Waals surface area contributed by atoms with Crippen molar-refractivity contribution in [1.29, 1.82) is 0 Å². The fourth-order valence-electron chi connectivity index (χ4n) is 5.01. The Kier molecular flexibility index (Phi) is 6.08. The van der Waals surface area contributed by atoms with E-state index in [0.29, 0.717) is 31.5 Å². The largest absolute Gasteiger partial charge is 0.494 e. The number of nitrogens with zero attached hydrogens (tertiary/aromatic N) is 2. The number of halogens is 2. The van der Waals surface area contributed by atoms with Gasteiger partial charge in [-0.3, -0.25) is 9.36 Å². The maximum Gasteiger partial charge on any atom is 0.271 e. The van der Waals surface area contributed by atoms with Gasteiger partial charge >= 0.3 is 0 Å². The first-order valence-electron chi connectivity index (χ1n) is 11.8. The summed E-state index contributed by atoms with van der Waals surface area (Å²) in [6.45, 7) is 2.57.